The lowest BCUT2D eigenvalue weighted by Gasteiger charge is -2.40. The number of phenols is 1. The van der Waals surface area contributed by atoms with Gasteiger partial charge in [0.05, 0.1) is 12.6 Å². The van der Waals surface area contributed by atoms with Gasteiger partial charge in [0.15, 0.2) is 6.29 Å². The summed E-state index contributed by atoms with van der Waals surface area (Å²) in [4.78, 5) is 0. The molecule has 1 aromatic carbocycles. The number of hydrogen-bond acceptors (Lipinski definition) is 7. The van der Waals surface area contributed by atoms with Crippen molar-refractivity contribution < 1.29 is 30.3 Å². The van der Waals surface area contributed by atoms with Crippen LogP contribution in [-0.4, -0.2) is 69.3 Å². The number of aliphatic hydroxyl groups excluding tert-OH is 4. The molecule has 0 aliphatic carbocycles. The van der Waals surface area contributed by atoms with Gasteiger partial charge in [0.2, 0.25) is 0 Å². The van der Waals surface area contributed by atoms with Gasteiger partial charge in [-0.25, -0.2) is 0 Å². The first-order chi connectivity index (χ1) is 10.0. The average Bonchev–Trinajstić information content (AvgIpc) is 2.48. The monoisotopic (exact) mass is 299 g/mol. The van der Waals surface area contributed by atoms with Crippen molar-refractivity contribution in [3.05, 3.63) is 29.8 Å². The second kappa shape index (κ2) is 7.17. The molecular formula is C14H21NO6. The Morgan fingerprint density at radius 2 is 1.81 bits per heavy atom. The van der Waals surface area contributed by atoms with Crippen molar-refractivity contribution >= 4 is 0 Å². The van der Waals surface area contributed by atoms with Gasteiger partial charge in [-0.1, -0.05) is 18.2 Å². The highest BCUT2D eigenvalue weighted by Gasteiger charge is 2.43. The van der Waals surface area contributed by atoms with Crippen LogP contribution in [0.15, 0.2) is 24.3 Å². The lowest BCUT2D eigenvalue weighted by Crippen LogP contribution is -2.63. The summed E-state index contributed by atoms with van der Waals surface area (Å²) in [6.07, 6.45) is -4.38. The van der Waals surface area contributed by atoms with Crippen LogP contribution in [0.1, 0.15) is 5.56 Å². The number of benzene rings is 1. The molecule has 1 unspecified atom stereocenters. The number of rotatable bonds is 5. The molecule has 1 aromatic rings. The summed E-state index contributed by atoms with van der Waals surface area (Å²) in [6.45, 7) is -0.115. The fourth-order valence-electron chi connectivity index (χ4n) is 2.41. The Morgan fingerprint density at radius 1 is 1.10 bits per heavy atom. The SMILES string of the molecule is OC[C@H]1OC(O)[C@@H](NCCc2ccccc2O)[C@@H](O)[C@@H]1O. The third-order valence-electron chi connectivity index (χ3n) is 3.67. The molecule has 7 nitrogen and oxygen atoms in total. The zero-order valence-electron chi connectivity index (χ0n) is 11.5. The summed E-state index contributed by atoms with van der Waals surface area (Å²) < 4.78 is 5.04. The summed E-state index contributed by atoms with van der Waals surface area (Å²) in [6, 6.07) is 6.02. The molecule has 1 aliphatic rings. The van der Waals surface area contributed by atoms with Crippen molar-refractivity contribution in [1.29, 1.82) is 0 Å². The van der Waals surface area contributed by atoms with Crippen LogP contribution in [0.4, 0.5) is 0 Å². The summed E-state index contributed by atoms with van der Waals surface area (Å²) in [5.41, 5.74) is 0.736. The lowest BCUT2D eigenvalue weighted by atomic mass is 9.97. The fourth-order valence-corrected chi connectivity index (χ4v) is 2.41. The number of ether oxygens (including phenoxy) is 1. The van der Waals surface area contributed by atoms with Crippen LogP contribution >= 0.6 is 0 Å². The largest absolute Gasteiger partial charge is 0.508 e. The van der Waals surface area contributed by atoms with Crippen LogP contribution in [0.3, 0.4) is 0 Å². The first-order valence-electron chi connectivity index (χ1n) is 6.85. The molecular weight excluding hydrogens is 278 g/mol. The number of nitrogens with one attached hydrogen (secondary N) is 1. The van der Waals surface area contributed by atoms with Crippen LogP contribution in [0, 0.1) is 0 Å². The second-order valence-corrected chi connectivity index (χ2v) is 5.09. The van der Waals surface area contributed by atoms with Crippen molar-refractivity contribution in [3.8, 4) is 5.75 Å². The number of aromatic hydroxyl groups is 1. The normalized spacial score (nSPS) is 33.0. The van der Waals surface area contributed by atoms with Gasteiger partial charge in [-0.2, -0.15) is 0 Å². The Bertz CT molecular complexity index is 457. The zero-order chi connectivity index (χ0) is 15.4. The molecule has 5 atom stereocenters. The second-order valence-electron chi connectivity index (χ2n) is 5.09. The van der Waals surface area contributed by atoms with Crippen LogP contribution in [-0.2, 0) is 11.2 Å². The van der Waals surface area contributed by atoms with E-state index in [0.29, 0.717) is 13.0 Å². The van der Waals surface area contributed by atoms with Gasteiger partial charge >= 0.3 is 0 Å². The highest BCUT2D eigenvalue weighted by atomic mass is 16.6. The Morgan fingerprint density at radius 3 is 2.48 bits per heavy atom. The molecule has 2 rings (SSSR count). The van der Waals surface area contributed by atoms with Gasteiger partial charge in [0.1, 0.15) is 24.1 Å². The molecule has 0 saturated carbocycles. The molecule has 21 heavy (non-hydrogen) atoms. The third-order valence-corrected chi connectivity index (χ3v) is 3.67. The van der Waals surface area contributed by atoms with Gasteiger partial charge < -0.3 is 35.6 Å². The van der Waals surface area contributed by atoms with Crippen LogP contribution in [0.5, 0.6) is 5.75 Å². The van der Waals surface area contributed by atoms with E-state index in [4.69, 9.17) is 9.84 Å². The van der Waals surface area contributed by atoms with E-state index in [1.165, 1.54) is 0 Å². The summed E-state index contributed by atoms with van der Waals surface area (Å²) in [5, 5.41) is 51.0. The maximum atomic E-state index is 9.95. The van der Waals surface area contributed by atoms with Crippen molar-refractivity contribution in [1.82, 2.24) is 5.32 Å². The average molecular weight is 299 g/mol. The van der Waals surface area contributed by atoms with E-state index in [0.717, 1.165) is 5.56 Å². The molecule has 0 bridgehead atoms. The molecule has 1 aliphatic heterocycles. The van der Waals surface area contributed by atoms with Crippen molar-refractivity contribution in [2.24, 2.45) is 0 Å². The highest BCUT2D eigenvalue weighted by Crippen LogP contribution is 2.20. The van der Waals surface area contributed by atoms with Crippen LogP contribution in [0.2, 0.25) is 0 Å². The molecule has 7 heteroatoms. The Balaban J connectivity index is 1.89. The van der Waals surface area contributed by atoms with Crippen molar-refractivity contribution in [2.45, 2.75) is 37.1 Å². The van der Waals surface area contributed by atoms with E-state index in [9.17, 15) is 20.4 Å². The minimum atomic E-state index is -1.33. The smallest absolute Gasteiger partial charge is 0.173 e. The molecule has 0 aromatic heterocycles. The van der Waals surface area contributed by atoms with Gasteiger partial charge in [-0.3, -0.25) is 0 Å². The number of hydrogen-bond donors (Lipinski definition) is 6. The van der Waals surface area contributed by atoms with E-state index in [-0.39, 0.29) is 5.75 Å². The number of phenolic OH excluding ortho intramolecular Hbond substituents is 1. The molecule has 1 saturated heterocycles. The van der Waals surface area contributed by atoms with Crippen molar-refractivity contribution in [3.63, 3.8) is 0 Å². The van der Waals surface area contributed by atoms with Crippen LogP contribution in [0.25, 0.3) is 0 Å². The van der Waals surface area contributed by atoms with E-state index >= 15 is 0 Å². The summed E-state index contributed by atoms with van der Waals surface area (Å²) in [7, 11) is 0. The minimum Gasteiger partial charge on any atom is -0.508 e. The first-order valence-corrected chi connectivity index (χ1v) is 6.85. The third kappa shape index (κ3) is 3.70. The maximum absolute atomic E-state index is 9.95. The van der Waals surface area contributed by atoms with Gasteiger partial charge in [-0.15, -0.1) is 0 Å². The van der Waals surface area contributed by atoms with Crippen molar-refractivity contribution in [2.75, 3.05) is 13.2 Å². The molecule has 1 fully saturated rings. The van der Waals surface area contributed by atoms with E-state index < -0.39 is 37.3 Å². The Kier molecular flexibility index (Phi) is 5.51. The predicted molar refractivity (Wildman–Crippen MR) is 73.6 cm³/mol. The number of para-hydroxylation sites is 1. The summed E-state index contributed by atoms with van der Waals surface area (Å²) in [5.74, 6) is 0.181. The zero-order valence-corrected chi connectivity index (χ0v) is 11.5. The van der Waals surface area contributed by atoms with Gasteiger partial charge in [0, 0.05) is 0 Å². The molecule has 0 amide bonds. The topological polar surface area (TPSA) is 122 Å². The van der Waals surface area contributed by atoms with E-state index in [1.54, 1.807) is 24.3 Å². The molecule has 0 radical (unpaired) electrons. The quantitative estimate of drug-likeness (QED) is 0.384. The maximum Gasteiger partial charge on any atom is 0.173 e. The van der Waals surface area contributed by atoms with E-state index in [1.807, 2.05) is 0 Å². The number of aliphatic hydroxyl groups is 4. The minimum absolute atomic E-state index is 0.181. The molecule has 6 N–H and O–H groups in total. The summed E-state index contributed by atoms with van der Waals surface area (Å²) >= 11 is 0. The molecule has 0 spiro atoms. The Labute approximate surface area is 122 Å². The Hall–Kier alpha value is -1.22. The van der Waals surface area contributed by atoms with E-state index in [2.05, 4.69) is 5.32 Å². The predicted octanol–water partition coefficient (Wildman–Crippen LogP) is -1.68. The lowest BCUT2D eigenvalue weighted by molar-refractivity contribution is -0.254. The fraction of sp³-hybridized carbons (Fsp3) is 0.571. The molecule has 1 heterocycles. The highest BCUT2D eigenvalue weighted by molar-refractivity contribution is 5.31. The first kappa shape index (κ1) is 16.2. The van der Waals surface area contributed by atoms with Gasteiger partial charge in [-0.05, 0) is 24.6 Å². The van der Waals surface area contributed by atoms with Crippen LogP contribution < -0.4 is 5.32 Å². The standard InChI is InChI=1S/C14H21NO6/c16-7-10-12(18)13(19)11(14(20)21-10)15-6-5-8-3-1-2-4-9(8)17/h1-4,10-20H,5-7H2/t10-,11+,12-,13-,14?/m1/s1. The molecule has 118 valence electrons. The van der Waals surface area contributed by atoms with Gasteiger partial charge in [0.25, 0.3) is 0 Å².